The molecule has 0 aliphatic carbocycles. The van der Waals surface area contributed by atoms with Crippen molar-refractivity contribution in [1.82, 2.24) is 9.97 Å². The number of ether oxygens (including phenoxy) is 3. The Hall–Kier alpha value is -4.68. The molecule has 3 N–H and O–H groups in total. The Kier molecular flexibility index (Phi) is 9.28. The zero-order valence-corrected chi connectivity index (χ0v) is 24.4. The molecule has 42 heavy (non-hydrogen) atoms. The average Bonchev–Trinajstić information content (AvgIpc) is 2.97. The molecule has 220 valence electrons. The summed E-state index contributed by atoms with van der Waals surface area (Å²) in [4.78, 5) is 21.6. The monoisotopic (exact) mass is 592 g/mol. The summed E-state index contributed by atoms with van der Waals surface area (Å²) in [5.74, 6) is -1.46. The van der Waals surface area contributed by atoms with E-state index in [1.807, 2.05) is 20.8 Å². The number of hydrogen-bond acceptors (Lipinski definition) is 9. The number of sulfonamides is 1. The van der Waals surface area contributed by atoms with Crippen LogP contribution in [0.2, 0.25) is 0 Å². The van der Waals surface area contributed by atoms with Crippen LogP contribution in [0.3, 0.4) is 0 Å². The zero-order valence-electron chi connectivity index (χ0n) is 23.6. The summed E-state index contributed by atoms with van der Waals surface area (Å²) in [6.45, 7) is 5.46. The first-order valence-corrected chi connectivity index (χ1v) is 14.5. The molecule has 0 aliphatic rings. The SMILES string of the molecule is COc1ccccc1Oc1c(NS(=O)(=O)c2ccc(C(C)(C)C)cc2)nc(C(=O)Nc2ccccc2)nc1OCCO. The molecule has 0 saturated heterocycles. The molecule has 0 saturated carbocycles. The summed E-state index contributed by atoms with van der Waals surface area (Å²) in [5, 5.41) is 12.1. The van der Waals surface area contributed by atoms with Crippen LogP contribution in [0.1, 0.15) is 37.0 Å². The lowest BCUT2D eigenvalue weighted by Crippen LogP contribution is -2.21. The van der Waals surface area contributed by atoms with Crippen molar-refractivity contribution in [3.05, 3.63) is 90.3 Å². The first-order valence-electron chi connectivity index (χ1n) is 13.0. The maximum Gasteiger partial charge on any atom is 0.293 e. The average molecular weight is 593 g/mol. The number of rotatable bonds is 11. The first kappa shape index (κ1) is 30.3. The van der Waals surface area contributed by atoms with E-state index in [-0.39, 0.29) is 46.7 Å². The van der Waals surface area contributed by atoms with Gasteiger partial charge in [-0.15, -0.1) is 0 Å². The number of anilines is 2. The summed E-state index contributed by atoms with van der Waals surface area (Å²) in [6.07, 6.45) is 0. The third-order valence-electron chi connectivity index (χ3n) is 5.94. The van der Waals surface area contributed by atoms with Gasteiger partial charge in [-0.1, -0.05) is 63.2 Å². The minimum Gasteiger partial charge on any atom is -0.493 e. The van der Waals surface area contributed by atoms with E-state index in [9.17, 15) is 18.3 Å². The second kappa shape index (κ2) is 12.9. The topological polar surface area (TPSA) is 149 Å². The van der Waals surface area contributed by atoms with Gasteiger partial charge in [0.1, 0.15) is 6.61 Å². The van der Waals surface area contributed by atoms with Crippen molar-refractivity contribution in [2.75, 3.05) is 30.4 Å². The molecule has 11 nitrogen and oxygen atoms in total. The molecule has 1 amide bonds. The summed E-state index contributed by atoms with van der Waals surface area (Å²) in [6, 6.07) is 21.7. The molecule has 0 spiro atoms. The zero-order chi connectivity index (χ0) is 30.3. The van der Waals surface area contributed by atoms with Crippen molar-refractivity contribution in [3.8, 4) is 23.1 Å². The number of benzene rings is 3. The lowest BCUT2D eigenvalue weighted by molar-refractivity contribution is 0.101. The van der Waals surface area contributed by atoms with Crippen LogP contribution in [0.5, 0.6) is 23.1 Å². The Morgan fingerprint density at radius 3 is 2.17 bits per heavy atom. The van der Waals surface area contributed by atoms with E-state index >= 15 is 0 Å². The number of para-hydroxylation sites is 3. The van der Waals surface area contributed by atoms with Crippen LogP contribution >= 0.6 is 0 Å². The van der Waals surface area contributed by atoms with Gasteiger partial charge in [-0.25, -0.2) is 13.4 Å². The van der Waals surface area contributed by atoms with E-state index in [1.165, 1.54) is 19.2 Å². The quantitative estimate of drug-likeness (QED) is 0.219. The Morgan fingerprint density at radius 1 is 0.905 bits per heavy atom. The van der Waals surface area contributed by atoms with Gasteiger partial charge in [0.2, 0.25) is 11.6 Å². The summed E-state index contributed by atoms with van der Waals surface area (Å²) < 4.78 is 46.6. The molecule has 0 unspecified atom stereocenters. The highest BCUT2D eigenvalue weighted by Crippen LogP contribution is 2.40. The summed E-state index contributed by atoms with van der Waals surface area (Å²) in [7, 11) is -2.78. The second-order valence-corrected chi connectivity index (χ2v) is 11.7. The van der Waals surface area contributed by atoms with Crippen LogP contribution in [-0.2, 0) is 15.4 Å². The van der Waals surface area contributed by atoms with Gasteiger partial charge in [-0.05, 0) is 47.4 Å². The van der Waals surface area contributed by atoms with Crippen LogP contribution in [0.15, 0.2) is 83.8 Å². The van der Waals surface area contributed by atoms with E-state index < -0.39 is 21.8 Å². The summed E-state index contributed by atoms with van der Waals surface area (Å²) in [5.41, 5.74) is 1.24. The van der Waals surface area contributed by atoms with Crippen molar-refractivity contribution in [2.24, 2.45) is 0 Å². The van der Waals surface area contributed by atoms with E-state index in [0.717, 1.165) is 5.56 Å². The van der Waals surface area contributed by atoms with Gasteiger partial charge >= 0.3 is 0 Å². The highest BCUT2D eigenvalue weighted by atomic mass is 32.2. The molecule has 4 rings (SSSR count). The van der Waals surface area contributed by atoms with Gasteiger partial charge in [0.15, 0.2) is 17.3 Å². The fourth-order valence-electron chi connectivity index (χ4n) is 3.77. The van der Waals surface area contributed by atoms with Crippen molar-refractivity contribution >= 4 is 27.4 Å². The van der Waals surface area contributed by atoms with Crippen LogP contribution in [-0.4, -0.2) is 49.7 Å². The highest BCUT2D eigenvalue weighted by Gasteiger charge is 2.27. The molecule has 1 aromatic heterocycles. The molecule has 12 heteroatoms. The van der Waals surface area contributed by atoms with Gasteiger partial charge in [0, 0.05) is 5.69 Å². The Balaban J connectivity index is 1.82. The van der Waals surface area contributed by atoms with Crippen molar-refractivity contribution in [3.63, 3.8) is 0 Å². The van der Waals surface area contributed by atoms with Gasteiger partial charge in [0.25, 0.3) is 21.8 Å². The molecule has 3 aromatic carbocycles. The number of amides is 1. The molecule has 0 aliphatic heterocycles. The van der Waals surface area contributed by atoms with E-state index in [1.54, 1.807) is 66.7 Å². The number of aliphatic hydroxyl groups excluding tert-OH is 1. The minimum absolute atomic E-state index is 0.0366. The van der Waals surface area contributed by atoms with Crippen LogP contribution < -0.4 is 24.2 Å². The van der Waals surface area contributed by atoms with Gasteiger partial charge in [-0.3, -0.25) is 9.52 Å². The van der Waals surface area contributed by atoms with Crippen LogP contribution in [0.25, 0.3) is 0 Å². The molecule has 0 radical (unpaired) electrons. The number of hydrogen-bond donors (Lipinski definition) is 3. The maximum atomic E-state index is 13.6. The Labute approximate surface area is 244 Å². The number of nitrogens with zero attached hydrogens (tertiary/aromatic N) is 2. The Morgan fingerprint density at radius 2 is 1.55 bits per heavy atom. The normalized spacial score (nSPS) is 11.5. The van der Waals surface area contributed by atoms with Crippen molar-refractivity contribution < 1.29 is 32.5 Å². The molecule has 1 heterocycles. The third-order valence-corrected chi connectivity index (χ3v) is 7.30. The maximum absolute atomic E-state index is 13.6. The largest absolute Gasteiger partial charge is 0.493 e. The number of nitrogens with one attached hydrogen (secondary N) is 2. The van der Waals surface area contributed by atoms with E-state index in [4.69, 9.17) is 14.2 Å². The fourth-order valence-corrected chi connectivity index (χ4v) is 4.78. The lowest BCUT2D eigenvalue weighted by Gasteiger charge is -2.20. The van der Waals surface area contributed by atoms with Gasteiger partial charge in [-0.2, -0.15) is 4.98 Å². The van der Waals surface area contributed by atoms with Crippen LogP contribution in [0, 0.1) is 0 Å². The molecule has 0 fully saturated rings. The molecule has 0 atom stereocenters. The Bertz CT molecular complexity index is 1640. The number of aliphatic hydroxyl groups is 1. The fraction of sp³-hybridized carbons (Fsp3) is 0.233. The van der Waals surface area contributed by atoms with Crippen molar-refractivity contribution in [2.45, 2.75) is 31.1 Å². The number of carbonyl (C=O) groups is 1. The number of methoxy groups -OCH3 is 1. The van der Waals surface area contributed by atoms with Crippen molar-refractivity contribution in [1.29, 1.82) is 0 Å². The predicted octanol–water partition coefficient (Wildman–Crippen LogP) is 5.00. The molecular formula is C30H32N4O7S. The molecular weight excluding hydrogens is 560 g/mol. The lowest BCUT2D eigenvalue weighted by atomic mass is 9.87. The van der Waals surface area contributed by atoms with Crippen LogP contribution in [0.4, 0.5) is 11.5 Å². The molecule has 4 aromatic rings. The molecule has 0 bridgehead atoms. The van der Waals surface area contributed by atoms with E-state index in [0.29, 0.717) is 11.4 Å². The smallest absolute Gasteiger partial charge is 0.293 e. The minimum atomic E-state index is -4.23. The third kappa shape index (κ3) is 7.33. The van der Waals surface area contributed by atoms with Gasteiger partial charge < -0.3 is 24.6 Å². The number of aromatic nitrogens is 2. The second-order valence-electron chi connectivity index (χ2n) is 10.1. The summed E-state index contributed by atoms with van der Waals surface area (Å²) >= 11 is 0. The predicted molar refractivity (Wildman–Crippen MR) is 158 cm³/mol. The first-order chi connectivity index (χ1) is 20.0. The van der Waals surface area contributed by atoms with Gasteiger partial charge in [0.05, 0.1) is 18.6 Å². The highest BCUT2D eigenvalue weighted by molar-refractivity contribution is 7.92. The standard InChI is InChI=1S/C30H32N4O7S/c1-30(2,3)20-14-16-22(17-15-20)42(37,38)34-26-25(41-24-13-9-8-12-23(24)39-4)29(40-19-18-35)33-27(32-26)28(36)31-21-10-6-5-7-11-21/h5-17,35H,18-19H2,1-4H3,(H,31,36)(H,32,33,34). The number of carbonyl (C=O) groups excluding carboxylic acids is 1. The van der Waals surface area contributed by atoms with E-state index in [2.05, 4.69) is 20.0 Å².